The Morgan fingerprint density at radius 1 is 1.25 bits per heavy atom. The van der Waals surface area contributed by atoms with E-state index < -0.39 is 38.0 Å². The number of benzene rings is 2. The van der Waals surface area contributed by atoms with E-state index >= 15 is 0 Å². The maximum atomic E-state index is 13.3. The van der Waals surface area contributed by atoms with Crippen molar-refractivity contribution in [1.29, 1.82) is 0 Å². The molecule has 0 fully saturated rings. The van der Waals surface area contributed by atoms with Gasteiger partial charge >= 0.3 is 197 Å². The van der Waals surface area contributed by atoms with E-state index in [1.165, 1.54) is 30.0 Å². The number of nitrogens with zero attached hydrogens (tertiary/aromatic N) is 1. The number of carbonyl (C=O) groups is 2. The molecule has 0 aromatic heterocycles. The first-order chi connectivity index (χ1) is 14.8. The van der Waals surface area contributed by atoms with Crippen molar-refractivity contribution in [2.45, 2.75) is 46.1 Å². The van der Waals surface area contributed by atoms with Gasteiger partial charge in [0.2, 0.25) is 0 Å². The molecule has 2 unspecified atom stereocenters. The number of nitrogens with one attached hydrogen (secondary N) is 1. The molecule has 3 N–H and O–H groups in total. The third kappa shape index (κ3) is 5.38. The molecular formula is C21H24AsBrN2O7. The molecule has 1 aliphatic heterocycles. The fraction of sp³-hybridized carbons (Fsp3) is 0.333. The maximum absolute atomic E-state index is 13.3. The fourth-order valence-electron chi connectivity index (χ4n) is 3.17. The van der Waals surface area contributed by atoms with Gasteiger partial charge < -0.3 is 0 Å². The molecule has 11 heteroatoms. The van der Waals surface area contributed by atoms with E-state index in [9.17, 15) is 22.5 Å². The summed E-state index contributed by atoms with van der Waals surface area (Å²) in [5.74, 6) is -0.714. The monoisotopic (exact) mass is 570 g/mol. The molecule has 0 radical (unpaired) electrons. The standard InChI is InChI=1S/C21H24AsBrN2O7/c1-12(26)24-17-10-13(8-9-18(17)27)22(29,30)32-19-14-6-5-7-16(23)15(14)11-25(19)20(28)31-21(2,3)4/h5-10,19,27H,11H2,1-4H3,(H,24,26)(H,29,30). The Kier molecular flexibility index (Phi) is 6.81. The van der Waals surface area contributed by atoms with Crippen molar-refractivity contribution in [3.63, 3.8) is 0 Å². The van der Waals surface area contributed by atoms with Gasteiger partial charge in [0, 0.05) is 0 Å². The number of amides is 2. The summed E-state index contributed by atoms with van der Waals surface area (Å²) in [6.07, 6.45) is -1.85. The molecule has 2 aromatic carbocycles. The number of halogens is 1. The van der Waals surface area contributed by atoms with Crippen molar-refractivity contribution in [2.75, 3.05) is 5.32 Å². The Labute approximate surface area is 196 Å². The van der Waals surface area contributed by atoms with Crippen LogP contribution in [0.5, 0.6) is 5.75 Å². The summed E-state index contributed by atoms with van der Waals surface area (Å²) in [6.45, 7) is 6.54. The van der Waals surface area contributed by atoms with Gasteiger partial charge in [0.15, 0.2) is 0 Å². The summed E-state index contributed by atoms with van der Waals surface area (Å²) in [6, 6.07) is 8.88. The molecule has 0 spiro atoms. The van der Waals surface area contributed by atoms with E-state index in [1.54, 1.807) is 39.0 Å². The van der Waals surface area contributed by atoms with Crippen molar-refractivity contribution >= 4 is 52.1 Å². The molecule has 2 atom stereocenters. The van der Waals surface area contributed by atoms with Gasteiger partial charge in [-0.2, -0.15) is 0 Å². The predicted molar refractivity (Wildman–Crippen MR) is 120 cm³/mol. The van der Waals surface area contributed by atoms with Crippen molar-refractivity contribution in [2.24, 2.45) is 0 Å². The number of aromatic hydroxyl groups is 1. The van der Waals surface area contributed by atoms with Crippen LogP contribution in [0.4, 0.5) is 10.5 Å². The van der Waals surface area contributed by atoms with Gasteiger partial charge in [0.05, 0.1) is 0 Å². The number of anilines is 1. The quantitative estimate of drug-likeness (QED) is 0.381. The van der Waals surface area contributed by atoms with Crippen molar-refractivity contribution in [3.8, 4) is 5.75 Å². The van der Waals surface area contributed by atoms with Crippen LogP contribution in [-0.2, 0) is 23.5 Å². The average molecular weight is 571 g/mol. The number of phenols is 1. The van der Waals surface area contributed by atoms with Gasteiger partial charge in [-0.25, -0.2) is 0 Å². The molecule has 3 rings (SSSR count). The molecule has 0 aliphatic carbocycles. The first-order valence-corrected chi connectivity index (χ1v) is 13.8. The molecule has 9 nitrogen and oxygen atoms in total. The number of rotatable bonds is 4. The topological polar surface area (TPSA) is 125 Å². The summed E-state index contributed by atoms with van der Waals surface area (Å²) in [4.78, 5) is 25.5. The van der Waals surface area contributed by atoms with Crippen LogP contribution in [0.15, 0.2) is 40.9 Å². The van der Waals surface area contributed by atoms with Crippen LogP contribution >= 0.6 is 15.9 Å². The third-order valence-corrected chi connectivity index (χ3v) is 8.23. The van der Waals surface area contributed by atoms with Crippen LogP contribution in [0, 0.1) is 0 Å². The molecule has 0 bridgehead atoms. The van der Waals surface area contributed by atoms with Gasteiger partial charge in [0.1, 0.15) is 0 Å². The van der Waals surface area contributed by atoms with E-state index in [0.717, 1.165) is 10.0 Å². The Bertz CT molecular complexity index is 1120. The molecule has 32 heavy (non-hydrogen) atoms. The zero-order chi connectivity index (χ0) is 23.8. The third-order valence-electron chi connectivity index (χ3n) is 4.52. The van der Waals surface area contributed by atoms with Crippen LogP contribution in [0.25, 0.3) is 0 Å². The normalized spacial score (nSPS) is 17.4. The predicted octanol–water partition coefficient (Wildman–Crippen LogP) is 3.15. The second kappa shape index (κ2) is 8.94. The van der Waals surface area contributed by atoms with Crippen LogP contribution in [0.3, 0.4) is 0 Å². The van der Waals surface area contributed by atoms with Crippen LogP contribution in [-0.4, -0.2) is 45.9 Å². The second-order valence-electron chi connectivity index (χ2n) is 8.28. The van der Waals surface area contributed by atoms with E-state index in [1.807, 2.05) is 0 Å². The minimum absolute atomic E-state index is 0.0205. The SMILES string of the molecule is CC(=O)Nc1cc([As](=O)(O)OC2c3cccc(Br)c3CN2C(=O)OC(C)(C)C)ccc1O. The van der Waals surface area contributed by atoms with E-state index in [-0.39, 0.29) is 22.3 Å². The van der Waals surface area contributed by atoms with Gasteiger partial charge in [-0.05, 0) is 0 Å². The van der Waals surface area contributed by atoms with Gasteiger partial charge in [0.25, 0.3) is 0 Å². The zero-order valence-corrected chi connectivity index (χ0v) is 21.4. The van der Waals surface area contributed by atoms with Crippen molar-refractivity contribution in [1.82, 2.24) is 4.90 Å². The Morgan fingerprint density at radius 2 is 1.94 bits per heavy atom. The number of carbonyl (C=O) groups excluding carboxylic acids is 2. The summed E-state index contributed by atoms with van der Waals surface area (Å²) < 4.78 is 35.9. The van der Waals surface area contributed by atoms with E-state index in [4.69, 9.17) is 8.46 Å². The Hall–Kier alpha value is -2.26. The fourth-order valence-corrected chi connectivity index (χ4v) is 6.15. The summed E-state index contributed by atoms with van der Waals surface area (Å²) in [5.41, 5.74) is 0.504. The van der Waals surface area contributed by atoms with Crippen LogP contribution in [0.1, 0.15) is 45.0 Å². The first kappa shape index (κ1) is 24.4. The Morgan fingerprint density at radius 3 is 2.56 bits per heavy atom. The van der Waals surface area contributed by atoms with Crippen LogP contribution in [0.2, 0.25) is 0 Å². The van der Waals surface area contributed by atoms with Crippen LogP contribution < -0.4 is 9.67 Å². The summed E-state index contributed by atoms with van der Waals surface area (Å²) in [7, 11) is 0. The zero-order valence-electron chi connectivity index (χ0n) is 18.0. The molecule has 1 heterocycles. The average Bonchev–Trinajstić information content (AvgIpc) is 3.01. The number of phenolic OH excluding ortho intramolecular Hbond substituents is 1. The van der Waals surface area contributed by atoms with Gasteiger partial charge in [-0.1, -0.05) is 0 Å². The molecular weight excluding hydrogens is 547 g/mol. The number of ether oxygens (including phenoxy) is 1. The van der Waals surface area contributed by atoms with Gasteiger partial charge in [-0.3, -0.25) is 0 Å². The van der Waals surface area contributed by atoms with E-state index in [0.29, 0.717) is 5.56 Å². The first-order valence-electron chi connectivity index (χ1n) is 9.68. The minimum atomic E-state index is -5.27. The number of fused-ring (bicyclic) bond motifs is 1. The second-order valence-corrected chi connectivity index (χ2v) is 12.8. The number of hydrogen-bond donors (Lipinski definition) is 3. The molecule has 0 saturated heterocycles. The van der Waals surface area contributed by atoms with E-state index in [2.05, 4.69) is 21.2 Å². The summed E-state index contributed by atoms with van der Waals surface area (Å²) in [5, 5.41) is 12.3. The van der Waals surface area contributed by atoms with Crippen molar-refractivity contribution in [3.05, 3.63) is 52.0 Å². The number of hydrogen-bond acceptors (Lipinski definition) is 6. The van der Waals surface area contributed by atoms with Gasteiger partial charge in [-0.15, -0.1) is 0 Å². The molecule has 0 saturated carbocycles. The van der Waals surface area contributed by atoms with Crippen molar-refractivity contribution < 1.29 is 31.0 Å². The molecule has 2 aromatic rings. The summed E-state index contributed by atoms with van der Waals surface area (Å²) >= 11 is -1.82. The molecule has 2 amide bonds. The molecule has 172 valence electrons. The molecule has 1 aliphatic rings. The Balaban J connectivity index is 1.98.